The first-order valence-corrected chi connectivity index (χ1v) is 11.8. The van der Waals surface area contributed by atoms with E-state index < -0.39 is 5.91 Å². The normalized spacial score (nSPS) is 15.4. The fraction of sp³-hybridized carbons (Fsp3) is 0.333. The first-order chi connectivity index (χ1) is 15.9. The Morgan fingerprint density at radius 3 is 2.85 bits per heavy atom. The Balaban J connectivity index is 1.36. The summed E-state index contributed by atoms with van der Waals surface area (Å²) >= 11 is 1.68. The SMILES string of the molecule is Cc1c(NC(=O)COc2ncnc3sc4c(c23)CC[C@@H](C)C4)c(=O)n(-c2ccccc2)n1C. The van der Waals surface area contributed by atoms with Crippen LogP contribution in [-0.4, -0.2) is 31.8 Å². The number of fused-ring (bicyclic) bond motifs is 3. The van der Waals surface area contributed by atoms with Crippen LogP contribution in [0.3, 0.4) is 0 Å². The number of amides is 1. The highest BCUT2D eigenvalue weighted by atomic mass is 32.1. The lowest BCUT2D eigenvalue weighted by Crippen LogP contribution is -2.26. The molecule has 0 spiro atoms. The van der Waals surface area contributed by atoms with Crippen molar-refractivity contribution < 1.29 is 9.53 Å². The van der Waals surface area contributed by atoms with E-state index in [1.165, 1.54) is 21.4 Å². The molecule has 0 radical (unpaired) electrons. The number of anilines is 1. The highest BCUT2D eigenvalue weighted by molar-refractivity contribution is 7.18. The number of carbonyl (C=O) groups excluding carboxylic acids is 1. The molecule has 1 N–H and O–H groups in total. The molecule has 0 saturated heterocycles. The topological polar surface area (TPSA) is 91.0 Å². The Morgan fingerprint density at radius 2 is 2.06 bits per heavy atom. The second-order valence-corrected chi connectivity index (χ2v) is 9.57. The van der Waals surface area contributed by atoms with Crippen LogP contribution >= 0.6 is 11.3 Å². The Hall–Kier alpha value is -3.46. The van der Waals surface area contributed by atoms with Crippen molar-refractivity contribution in [3.63, 3.8) is 0 Å². The van der Waals surface area contributed by atoms with Crippen LogP contribution in [-0.2, 0) is 24.7 Å². The molecule has 3 aromatic heterocycles. The smallest absolute Gasteiger partial charge is 0.295 e. The molecule has 0 saturated carbocycles. The van der Waals surface area contributed by atoms with Crippen LogP contribution in [0.5, 0.6) is 5.88 Å². The van der Waals surface area contributed by atoms with Gasteiger partial charge in [0.25, 0.3) is 11.5 Å². The lowest BCUT2D eigenvalue weighted by Gasteiger charge is -2.18. The number of para-hydroxylation sites is 1. The van der Waals surface area contributed by atoms with Crippen molar-refractivity contribution in [2.75, 3.05) is 11.9 Å². The van der Waals surface area contributed by atoms with Gasteiger partial charge in [-0.3, -0.25) is 14.3 Å². The van der Waals surface area contributed by atoms with Gasteiger partial charge in [-0.05, 0) is 49.8 Å². The monoisotopic (exact) mass is 463 g/mol. The van der Waals surface area contributed by atoms with Crippen molar-refractivity contribution in [2.24, 2.45) is 13.0 Å². The number of aromatic nitrogens is 4. The van der Waals surface area contributed by atoms with Gasteiger partial charge >= 0.3 is 0 Å². The molecule has 9 heteroatoms. The van der Waals surface area contributed by atoms with E-state index >= 15 is 0 Å². The van der Waals surface area contributed by atoms with Crippen molar-refractivity contribution in [1.82, 2.24) is 19.3 Å². The molecule has 170 valence electrons. The summed E-state index contributed by atoms with van der Waals surface area (Å²) in [6.45, 7) is 3.81. The molecule has 5 rings (SSSR count). The molecule has 3 heterocycles. The Labute approximate surface area is 194 Å². The van der Waals surface area contributed by atoms with E-state index in [-0.39, 0.29) is 17.9 Å². The van der Waals surface area contributed by atoms with Crippen molar-refractivity contribution in [2.45, 2.75) is 33.1 Å². The molecule has 1 aliphatic rings. The van der Waals surface area contributed by atoms with Gasteiger partial charge in [0.1, 0.15) is 16.8 Å². The summed E-state index contributed by atoms with van der Waals surface area (Å²) in [6, 6.07) is 9.31. The third kappa shape index (κ3) is 3.82. The van der Waals surface area contributed by atoms with Crippen LogP contribution < -0.4 is 15.6 Å². The highest BCUT2D eigenvalue weighted by Crippen LogP contribution is 2.40. The van der Waals surface area contributed by atoms with Gasteiger partial charge in [-0.15, -0.1) is 11.3 Å². The van der Waals surface area contributed by atoms with Crippen LogP contribution in [0.25, 0.3) is 15.9 Å². The van der Waals surface area contributed by atoms with E-state index in [2.05, 4.69) is 22.2 Å². The second-order valence-electron chi connectivity index (χ2n) is 8.48. The van der Waals surface area contributed by atoms with Gasteiger partial charge in [-0.1, -0.05) is 25.1 Å². The molecule has 0 aliphatic heterocycles. The van der Waals surface area contributed by atoms with Crippen molar-refractivity contribution in [3.05, 3.63) is 63.1 Å². The van der Waals surface area contributed by atoms with Crippen molar-refractivity contribution in [3.8, 4) is 11.6 Å². The minimum atomic E-state index is -0.412. The number of benzene rings is 1. The predicted octanol–water partition coefficient (Wildman–Crippen LogP) is 3.63. The van der Waals surface area contributed by atoms with E-state index in [0.29, 0.717) is 17.5 Å². The molecule has 33 heavy (non-hydrogen) atoms. The van der Waals surface area contributed by atoms with Crippen LogP contribution in [0.2, 0.25) is 0 Å². The van der Waals surface area contributed by atoms with Gasteiger partial charge in [0, 0.05) is 11.9 Å². The summed E-state index contributed by atoms with van der Waals surface area (Å²) < 4.78 is 9.08. The maximum atomic E-state index is 13.0. The van der Waals surface area contributed by atoms with Gasteiger partial charge in [-0.2, -0.15) is 0 Å². The molecule has 1 aromatic carbocycles. The van der Waals surface area contributed by atoms with Crippen molar-refractivity contribution >= 4 is 33.1 Å². The van der Waals surface area contributed by atoms with Gasteiger partial charge in [-0.25, -0.2) is 14.6 Å². The van der Waals surface area contributed by atoms with Gasteiger partial charge in [0.15, 0.2) is 6.61 Å². The van der Waals surface area contributed by atoms with Crippen molar-refractivity contribution in [1.29, 1.82) is 0 Å². The molecular weight excluding hydrogens is 438 g/mol. The third-order valence-corrected chi connectivity index (χ3v) is 7.38. The number of ether oxygens (including phenoxy) is 1. The number of nitrogens with one attached hydrogen (secondary N) is 1. The predicted molar refractivity (Wildman–Crippen MR) is 128 cm³/mol. The van der Waals surface area contributed by atoms with Crippen LogP contribution in [0, 0.1) is 12.8 Å². The van der Waals surface area contributed by atoms with E-state index in [9.17, 15) is 9.59 Å². The van der Waals surface area contributed by atoms with E-state index in [1.54, 1.807) is 30.0 Å². The largest absolute Gasteiger partial charge is 0.467 e. The molecule has 0 unspecified atom stereocenters. The molecule has 1 amide bonds. The standard InChI is InChI=1S/C24H25N5O3S/c1-14-9-10-17-18(11-14)33-23-20(17)22(25-13-26-23)32-12-19(30)27-21-15(2)28(3)29(24(21)31)16-7-5-4-6-8-16/h4-8,13-14H,9-12H2,1-3H3,(H,27,30)/t14-/m1/s1. The average Bonchev–Trinajstić information content (AvgIpc) is 3.28. The van der Waals surface area contributed by atoms with E-state index in [1.807, 2.05) is 30.3 Å². The number of aryl methyl sites for hydroxylation is 1. The van der Waals surface area contributed by atoms with Gasteiger partial charge in [0.05, 0.1) is 16.8 Å². The van der Waals surface area contributed by atoms with Gasteiger partial charge < -0.3 is 10.1 Å². The zero-order valence-electron chi connectivity index (χ0n) is 18.8. The lowest BCUT2D eigenvalue weighted by molar-refractivity contribution is -0.118. The fourth-order valence-electron chi connectivity index (χ4n) is 4.38. The summed E-state index contributed by atoms with van der Waals surface area (Å²) in [5.74, 6) is 0.668. The molecule has 0 bridgehead atoms. The first-order valence-electron chi connectivity index (χ1n) is 11.0. The second kappa shape index (κ2) is 8.47. The van der Waals surface area contributed by atoms with Crippen LogP contribution in [0.1, 0.15) is 29.5 Å². The molecule has 8 nitrogen and oxygen atoms in total. The Kier molecular flexibility index (Phi) is 5.49. The van der Waals surface area contributed by atoms with Gasteiger partial charge in [0.2, 0.25) is 5.88 Å². The first kappa shape index (κ1) is 21.4. The average molecular weight is 464 g/mol. The van der Waals surface area contributed by atoms with Crippen LogP contribution in [0.15, 0.2) is 41.5 Å². The quantitative estimate of drug-likeness (QED) is 0.488. The number of carbonyl (C=O) groups is 1. The third-order valence-electron chi connectivity index (χ3n) is 6.22. The molecule has 0 fully saturated rings. The fourth-order valence-corrected chi connectivity index (χ4v) is 5.72. The summed E-state index contributed by atoms with van der Waals surface area (Å²) in [6.07, 6.45) is 4.60. The summed E-state index contributed by atoms with van der Waals surface area (Å²) in [7, 11) is 1.79. The maximum absolute atomic E-state index is 13.0. The Morgan fingerprint density at radius 1 is 1.27 bits per heavy atom. The number of hydrogen-bond donors (Lipinski definition) is 1. The number of nitrogens with zero attached hydrogens (tertiary/aromatic N) is 4. The minimum Gasteiger partial charge on any atom is -0.467 e. The number of rotatable bonds is 5. The molecule has 4 aromatic rings. The Bertz CT molecular complexity index is 1400. The zero-order valence-corrected chi connectivity index (χ0v) is 19.6. The summed E-state index contributed by atoms with van der Waals surface area (Å²) in [5, 5.41) is 3.65. The summed E-state index contributed by atoms with van der Waals surface area (Å²) in [5.41, 5.74) is 2.57. The van der Waals surface area contributed by atoms with Crippen LogP contribution in [0.4, 0.5) is 5.69 Å². The highest BCUT2D eigenvalue weighted by Gasteiger charge is 2.24. The lowest BCUT2D eigenvalue weighted by atomic mass is 9.89. The van der Waals surface area contributed by atoms with E-state index in [4.69, 9.17) is 4.74 Å². The molecule has 1 aliphatic carbocycles. The molecular formula is C24H25N5O3S. The minimum absolute atomic E-state index is 0.240. The van der Waals surface area contributed by atoms with E-state index in [0.717, 1.165) is 35.2 Å². The number of hydrogen-bond acceptors (Lipinski definition) is 6. The number of thiophene rings is 1. The maximum Gasteiger partial charge on any atom is 0.295 e. The summed E-state index contributed by atoms with van der Waals surface area (Å²) in [4.78, 5) is 36.7. The molecule has 1 atom stereocenters. The zero-order chi connectivity index (χ0) is 23.1.